The predicted octanol–water partition coefficient (Wildman–Crippen LogP) is 1.33. The Hall–Kier alpha value is -0.810. The van der Waals surface area contributed by atoms with Gasteiger partial charge >= 0.3 is 5.97 Å². The average molecular weight is 412 g/mol. The molecule has 0 aliphatic heterocycles. The number of likely N-dealkylation sites (N-methyl/N-ethyl adjacent to an activating group) is 1. The minimum atomic E-state index is -0.873. The van der Waals surface area contributed by atoms with Crippen molar-refractivity contribution in [2.75, 3.05) is 58.2 Å². The predicted molar refractivity (Wildman–Crippen MR) is 103 cm³/mol. The van der Waals surface area contributed by atoms with Crippen molar-refractivity contribution in [1.82, 2.24) is 4.90 Å². The molecule has 0 heterocycles. The Morgan fingerprint density at radius 2 is 1.50 bits per heavy atom. The standard InChI is InChI=1S/C16H29NO7S2/c1-14(13-18)17(2)15(19)4-11-25-26-12-10-24-9-8-23-7-6-22-5-3-16(20)21/h13-14H,3-12H2,1-2H3,(H,20,21). The van der Waals surface area contributed by atoms with E-state index in [-0.39, 0.29) is 25.0 Å². The zero-order valence-electron chi connectivity index (χ0n) is 15.4. The first kappa shape index (κ1) is 25.2. The van der Waals surface area contributed by atoms with Gasteiger partial charge in [-0.15, -0.1) is 0 Å². The first-order valence-electron chi connectivity index (χ1n) is 8.39. The molecule has 0 aromatic heterocycles. The van der Waals surface area contributed by atoms with Crippen LogP contribution in [0, 0.1) is 0 Å². The number of aliphatic carboxylic acids is 1. The zero-order chi connectivity index (χ0) is 19.6. The third-order valence-corrected chi connectivity index (χ3v) is 5.57. The maximum Gasteiger partial charge on any atom is 0.305 e. The lowest BCUT2D eigenvalue weighted by molar-refractivity contribution is -0.138. The van der Waals surface area contributed by atoms with Crippen LogP contribution < -0.4 is 0 Å². The second kappa shape index (κ2) is 17.6. The maximum absolute atomic E-state index is 11.8. The highest BCUT2D eigenvalue weighted by Gasteiger charge is 2.14. The van der Waals surface area contributed by atoms with Crippen molar-refractivity contribution in [3.63, 3.8) is 0 Å². The number of carboxylic acids is 1. The molecule has 1 N–H and O–H groups in total. The summed E-state index contributed by atoms with van der Waals surface area (Å²) in [6.45, 7) is 4.25. The molecule has 0 saturated heterocycles. The fourth-order valence-electron chi connectivity index (χ4n) is 1.54. The molecule has 0 fully saturated rings. The molecule has 10 heteroatoms. The largest absolute Gasteiger partial charge is 0.481 e. The summed E-state index contributed by atoms with van der Waals surface area (Å²) >= 11 is 0. The Balaban J connectivity index is 3.26. The van der Waals surface area contributed by atoms with Crippen LogP contribution in [0.5, 0.6) is 0 Å². The molecule has 0 bridgehead atoms. The minimum absolute atomic E-state index is 0.00150. The number of nitrogens with zero attached hydrogens (tertiary/aromatic N) is 1. The van der Waals surface area contributed by atoms with E-state index in [1.807, 2.05) is 0 Å². The molecule has 1 amide bonds. The van der Waals surface area contributed by atoms with Gasteiger partial charge in [0.05, 0.1) is 52.1 Å². The lowest BCUT2D eigenvalue weighted by Crippen LogP contribution is -2.36. The summed E-state index contributed by atoms with van der Waals surface area (Å²) < 4.78 is 15.8. The fourth-order valence-corrected chi connectivity index (χ4v) is 3.38. The summed E-state index contributed by atoms with van der Waals surface area (Å²) in [5, 5.41) is 8.42. The van der Waals surface area contributed by atoms with Gasteiger partial charge in [0, 0.05) is 25.0 Å². The molecule has 26 heavy (non-hydrogen) atoms. The average Bonchev–Trinajstić information content (AvgIpc) is 2.63. The van der Waals surface area contributed by atoms with Gasteiger partial charge in [-0.2, -0.15) is 0 Å². The van der Waals surface area contributed by atoms with Crippen LogP contribution >= 0.6 is 21.6 Å². The van der Waals surface area contributed by atoms with E-state index in [0.29, 0.717) is 45.2 Å². The Bertz CT molecular complexity index is 399. The first-order chi connectivity index (χ1) is 12.5. The molecule has 0 aromatic carbocycles. The number of ether oxygens (including phenoxy) is 3. The molecule has 0 saturated carbocycles. The number of carboxylic acid groups (broad SMARTS) is 1. The molecular weight excluding hydrogens is 382 g/mol. The van der Waals surface area contributed by atoms with Crippen LogP contribution in [0.1, 0.15) is 19.8 Å². The normalized spacial score (nSPS) is 11.9. The molecule has 1 atom stereocenters. The van der Waals surface area contributed by atoms with E-state index in [1.165, 1.54) is 4.90 Å². The fraction of sp³-hybridized carbons (Fsp3) is 0.812. The molecule has 0 aromatic rings. The van der Waals surface area contributed by atoms with Gasteiger partial charge < -0.3 is 29.0 Å². The van der Waals surface area contributed by atoms with Crippen molar-refractivity contribution < 1.29 is 33.7 Å². The number of hydrogen-bond acceptors (Lipinski definition) is 8. The van der Waals surface area contributed by atoms with E-state index in [9.17, 15) is 14.4 Å². The Kier molecular flexibility index (Phi) is 17.0. The summed E-state index contributed by atoms with van der Waals surface area (Å²) in [7, 11) is 4.89. The van der Waals surface area contributed by atoms with Crippen molar-refractivity contribution in [1.29, 1.82) is 0 Å². The summed E-state index contributed by atoms with van der Waals surface area (Å²) in [5.74, 6) is 0.613. The summed E-state index contributed by atoms with van der Waals surface area (Å²) in [6.07, 6.45) is 1.17. The van der Waals surface area contributed by atoms with E-state index in [4.69, 9.17) is 19.3 Å². The number of rotatable bonds is 18. The highest BCUT2D eigenvalue weighted by atomic mass is 33.1. The molecular formula is C16H29NO7S2. The van der Waals surface area contributed by atoms with Gasteiger partial charge in [0.2, 0.25) is 5.91 Å². The van der Waals surface area contributed by atoms with Crippen LogP contribution in [-0.4, -0.2) is 92.4 Å². The second-order valence-electron chi connectivity index (χ2n) is 5.26. The van der Waals surface area contributed by atoms with Gasteiger partial charge in [-0.05, 0) is 6.92 Å². The minimum Gasteiger partial charge on any atom is -0.481 e. The molecule has 0 radical (unpaired) electrons. The van der Waals surface area contributed by atoms with Crippen LogP contribution in [0.2, 0.25) is 0 Å². The smallest absolute Gasteiger partial charge is 0.305 e. The van der Waals surface area contributed by atoms with Crippen molar-refractivity contribution >= 4 is 39.8 Å². The van der Waals surface area contributed by atoms with Crippen LogP contribution in [0.4, 0.5) is 0 Å². The van der Waals surface area contributed by atoms with Crippen LogP contribution in [0.25, 0.3) is 0 Å². The SMILES string of the molecule is CC(C=O)N(C)C(=O)CCSSCCOCCOCCOCCC(=O)O. The van der Waals surface area contributed by atoms with E-state index in [0.717, 1.165) is 12.0 Å². The Morgan fingerprint density at radius 1 is 0.962 bits per heavy atom. The molecule has 0 aliphatic rings. The Morgan fingerprint density at radius 3 is 2.08 bits per heavy atom. The summed E-state index contributed by atoms with van der Waals surface area (Å²) in [4.78, 5) is 34.1. The van der Waals surface area contributed by atoms with Gasteiger partial charge in [0.15, 0.2) is 0 Å². The van der Waals surface area contributed by atoms with Gasteiger partial charge in [-0.1, -0.05) is 21.6 Å². The van der Waals surface area contributed by atoms with Crippen molar-refractivity contribution in [3.05, 3.63) is 0 Å². The molecule has 0 aliphatic carbocycles. The van der Waals surface area contributed by atoms with E-state index < -0.39 is 5.97 Å². The number of hydrogen-bond donors (Lipinski definition) is 1. The van der Waals surface area contributed by atoms with Crippen LogP contribution in [-0.2, 0) is 28.6 Å². The molecule has 0 spiro atoms. The third kappa shape index (κ3) is 15.4. The lowest BCUT2D eigenvalue weighted by atomic mass is 10.3. The lowest BCUT2D eigenvalue weighted by Gasteiger charge is -2.20. The van der Waals surface area contributed by atoms with Gasteiger partial charge in [-0.3, -0.25) is 9.59 Å². The molecule has 8 nitrogen and oxygen atoms in total. The highest BCUT2D eigenvalue weighted by Crippen LogP contribution is 2.21. The van der Waals surface area contributed by atoms with Gasteiger partial charge in [-0.25, -0.2) is 0 Å². The third-order valence-electron chi connectivity index (χ3n) is 3.20. The molecule has 1 unspecified atom stereocenters. The van der Waals surface area contributed by atoms with Crippen molar-refractivity contribution in [3.8, 4) is 0 Å². The number of amides is 1. The monoisotopic (exact) mass is 411 g/mol. The van der Waals surface area contributed by atoms with Crippen molar-refractivity contribution in [2.24, 2.45) is 0 Å². The van der Waals surface area contributed by atoms with Crippen LogP contribution in [0.15, 0.2) is 0 Å². The van der Waals surface area contributed by atoms with Gasteiger partial charge in [0.1, 0.15) is 6.29 Å². The van der Waals surface area contributed by atoms with E-state index >= 15 is 0 Å². The second-order valence-corrected chi connectivity index (χ2v) is 7.96. The Labute approximate surface area is 162 Å². The van der Waals surface area contributed by atoms with Crippen molar-refractivity contribution in [2.45, 2.75) is 25.8 Å². The van der Waals surface area contributed by atoms with E-state index in [1.54, 1.807) is 35.6 Å². The van der Waals surface area contributed by atoms with E-state index in [2.05, 4.69) is 0 Å². The van der Waals surface area contributed by atoms with Crippen LogP contribution in [0.3, 0.4) is 0 Å². The highest BCUT2D eigenvalue weighted by molar-refractivity contribution is 8.76. The number of aldehydes is 1. The number of carbonyl (C=O) groups is 3. The summed E-state index contributed by atoms with van der Waals surface area (Å²) in [5.41, 5.74) is 0. The topological polar surface area (TPSA) is 102 Å². The molecule has 152 valence electrons. The molecule has 0 rings (SSSR count). The first-order valence-corrected chi connectivity index (χ1v) is 10.9. The zero-order valence-corrected chi connectivity index (χ0v) is 17.0. The quantitative estimate of drug-likeness (QED) is 0.203. The summed E-state index contributed by atoms with van der Waals surface area (Å²) in [6, 6.07) is -0.382. The number of carbonyl (C=O) groups excluding carboxylic acids is 2. The maximum atomic E-state index is 11.8. The van der Waals surface area contributed by atoms with Gasteiger partial charge in [0.25, 0.3) is 0 Å².